The Bertz CT molecular complexity index is 562. The van der Waals surface area contributed by atoms with Gasteiger partial charge in [-0.3, -0.25) is 0 Å². The van der Waals surface area contributed by atoms with Crippen molar-refractivity contribution in [2.24, 2.45) is 0 Å². The highest BCUT2D eigenvalue weighted by molar-refractivity contribution is 6.67. The third-order valence-electron chi connectivity index (χ3n) is 3.68. The lowest BCUT2D eigenvalue weighted by molar-refractivity contribution is 0.112. The molecule has 1 amide bonds. The van der Waals surface area contributed by atoms with Crippen LogP contribution in [0.5, 0.6) is 11.5 Å². The van der Waals surface area contributed by atoms with Crippen molar-refractivity contribution in [3.05, 3.63) is 23.8 Å². The fourth-order valence-corrected chi connectivity index (χ4v) is 2.70. The molecular formula is C15H18Cl3NO4. The lowest BCUT2D eigenvalue weighted by Crippen LogP contribution is -2.31. The Morgan fingerprint density at radius 2 is 1.96 bits per heavy atom. The second-order valence-electron chi connectivity index (χ2n) is 5.22. The van der Waals surface area contributed by atoms with Crippen molar-refractivity contribution in [2.75, 3.05) is 33.9 Å². The fourth-order valence-electron chi connectivity index (χ4n) is 2.54. The Hall–Kier alpha value is -1.04. The molecular weight excluding hydrogens is 365 g/mol. The van der Waals surface area contributed by atoms with Gasteiger partial charge < -0.3 is 19.1 Å². The average Bonchev–Trinajstić information content (AvgIpc) is 3.01. The zero-order valence-corrected chi connectivity index (χ0v) is 15.1. The van der Waals surface area contributed by atoms with Crippen LogP contribution in [0.1, 0.15) is 17.9 Å². The molecule has 1 aliphatic rings. The first kappa shape index (κ1) is 18.3. The van der Waals surface area contributed by atoms with Crippen LogP contribution in [-0.2, 0) is 4.74 Å². The Morgan fingerprint density at radius 3 is 2.57 bits per heavy atom. The standard InChI is InChI=1S/C15H18Cl3NO4/c1-21-12-4-3-10(7-13(12)22-2)11-5-6-19(8-11)14(20)23-9-15(16,17)18/h3-4,7,11H,5-6,8-9H2,1-2H3/t11-/m0/s1. The first-order valence-electron chi connectivity index (χ1n) is 7.04. The largest absolute Gasteiger partial charge is 0.493 e. The van der Waals surface area contributed by atoms with Crippen LogP contribution in [0.4, 0.5) is 4.79 Å². The van der Waals surface area contributed by atoms with E-state index in [1.165, 1.54) is 0 Å². The van der Waals surface area contributed by atoms with Crippen molar-refractivity contribution in [2.45, 2.75) is 16.1 Å². The topological polar surface area (TPSA) is 48.0 Å². The summed E-state index contributed by atoms with van der Waals surface area (Å²) >= 11 is 16.7. The van der Waals surface area contributed by atoms with Crippen LogP contribution in [0, 0.1) is 0 Å². The maximum absolute atomic E-state index is 12.0. The summed E-state index contributed by atoms with van der Waals surface area (Å²) in [6.07, 6.45) is 0.359. The minimum atomic E-state index is -1.60. The molecule has 0 radical (unpaired) electrons. The number of halogens is 3. The van der Waals surface area contributed by atoms with E-state index in [9.17, 15) is 4.79 Å². The van der Waals surface area contributed by atoms with E-state index in [-0.39, 0.29) is 12.5 Å². The smallest absolute Gasteiger partial charge is 0.409 e. The SMILES string of the molecule is COc1ccc([C@H]2CCN(C(=O)OCC(Cl)(Cl)Cl)C2)cc1OC. The molecule has 1 aliphatic heterocycles. The summed E-state index contributed by atoms with van der Waals surface area (Å²) in [5.74, 6) is 1.55. The number of alkyl halides is 3. The molecule has 1 atom stereocenters. The molecule has 0 bridgehead atoms. The van der Waals surface area contributed by atoms with Gasteiger partial charge in [0.2, 0.25) is 3.79 Å². The van der Waals surface area contributed by atoms with E-state index < -0.39 is 9.89 Å². The molecule has 23 heavy (non-hydrogen) atoms. The van der Waals surface area contributed by atoms with E-state index in [0.717, 1.165) is 12.0 Å². The number of nitrogens with zero attached hydrogens (tertiary/aromatic N) is 1. The van der Waals surface area contributed by atoms with Gasteiger partial charge in [-0.25, -0.2) is 4.79 Å². The van der Waals surface area contributed by atoms with Crippen LogP contribution in [0.15, 0.2) is 18.2 Å². The minimum Gasteiger partial charge on any atom is -0.493 e. The van der Waals surface area contributed by atoms with Gasteiger partial charge in [-0.2, -0.15) is 0 Å². The second-order valence-corrected chi connectivity index (χ2v) is 7.73. The predicted molar refractivity (Wildman–Crippen MR) is 90.1 cm³/mol. The third kappa shape index (κ3) is 4.96. The summed E-state index contributed by atoms with van der Waals surface area (Å²) < 4.78 is 13.9. The molecule has 1 aromatic carbocycles. The number of hydrogen-bond acceptors (Lipinski definition) is 4. The molecule has 0 aliphatic carbocycles. The highest BCUT2D eigenvalue weighted by atomic mass is 35.6. The quantitative estimate of drug-likeness (QED) is 0.739. The molecule has 1 heterocycles. The number of benzene rings is 1. The van der Waals surface area contributed by atoms with E-state index in [1.54, 1.807) is 19.1 Å². The van der Waals surface area contributed by atoms with Crippen LogP contribution < -0.4 is 9.47 Å². The van der Waals surface area contributed by atoms with Crippen molar-refractivity contribution in [1.82, 2.24) is 4.90 Å². The zero-order chi connectivity index (χ0) is 17.0. The van der Waals surface area contributed by atoms with Gasteiger partial charge in [-0.15, -0.1) is 0 Å². The lowest BCUT2D eigenvalue weighted by atomic mass is 9.98. The van der Waals surface area contributed by atoms with E-state index >= 15 is 0 Å². The molecule has 8 heteroatoms. The van der Waals surface area contributed by atoms with E-state index in [1.807, 2.05) is 18.2 Å². The molecule has 2 rings (SSSR count). The lowest BCUT2D eigenvalue weighted by Gasteiger charge is -2.19. The van der Waals surface area contributed by atoms with Gasteiger partial charge in [-0.05, 0) is 24.1 Å². The summed E-state index contributed by atoms with van der Waals surface area (Å²) in [7, 11) is 3.19. The molecule has 0 aromatic heterocycles. The van der Waals surface area contributed by atoms with Crippen LogP contribution in [-0.4, -0.2) is 48.7 Å². The summed E-state index contributed by atoms with van der Waals surface area (Å²) in [5, 5.41) is 0. The van der Waals surface area contributed by atoms with Crippen LogP contribution in [0.3, 0.4) is 0 Å². The normalized spacial score (nSPS) is 18.0. The number of carbonyl (C=O) groups excluding carboxylic acids is 1. The molecule has 1 aromatic rings. The molecule has 1 fully saturated rings. The monoisotopic (exact) mass is 381 g/mol. The van der Waals surface area contributed by atoms with E-state index in [2.05, 4.69) is 0 Å². The zero-order valence-electron chi connectivity index (χ0n) is 12.9. The van der Waals surface area contributed by atoms with E-state index in [0.29, 0.717) is 24.6 Å². The number of likely N-dealkylation sites (tertiary alicyclic amines) is 1. The Morgan fingerprint density at radius 1 is 1.26 bits per heavy atom. The van der Waals surface area contributed by atoms with Crippen molar-refractivity contribution in [1.29, 1.82) is 0 Å². The van der Waals surface area contributed by atoms with Gasteiger partial charge in [-0.1, -0.05) is 40.9 Å². The van der Waals surface area contributed by atoms with Crippen molar-refractivity contribution < 1.29 is 19.0 Å². The number of rotatable bonds is 4. The summed E-state index contributed by atoms with van der Waals surface area (Å²) in [6.45, 7) is 0.875. The van der Waals surface area contributed by atoms with Gasteiger partial charge in [0, 0.05) is 19.0 Å². The molecule has 128 valence electrons. The Kier molecular flexibility index (Phi) is 6.12. The Balaban J connectivity index is 1.98. The predicted octanol–water partition coefficient (Wildman–Crippen LogP) is 4.00. The molecule has 0 unspecified atom stereocenters. The highest BCUT2D eigenvalue weighted by Crippen LogP contribution is 2.34. The van der Waals surface area contributed by atoms with Gasteiger partial charge in [0.05, 0.1) is 14.2 Å². The second kappa shape index (κ2) is 7.69. The number of hydrogen-bond donors (Lipinski definition) is 0. The maximum atomic E-state index is 12.0. The number of methoxy groups -OCH3 is 2. The number of ether oxygens (including phenoxy) is 3. The Labute approximate surface area is 150 Å². The first-order valence-corrected chi connectivity index (χ1v) is 8.18. The van der Waals surface area contributed by atoms with E-state index in [4.69, 9.17) is 49.0 Å². The third-order valence-corrected chi connectivity index (χ3v) is 4.01. The minimum absolute atomic E-state index is 0.204. The van der Waals surface area contributed by atoms with Crippen LogP contribution >= 0.6 is 34.8 Å². The molecule has 1 saturated heterocycles. The average molecular weight is 383 g/mol. The van der Waals surface area contributed by atoms with Crippen molar-refractivity contribution in [3.63, 3.8) is 0 Å². The molecule has 0 saturated carbocycles. The fraction of sp³-hybridized carbons (Fsp3) is 0.533. The summed E-state index contributed by atoms with van der Waals surface area (Å²) in [4.78, 5) is 13.6. The number of carbonyl (C=O) groups is 1. The molecule has 0 spiro atoms. The van der Waals surface area contributed by atoms with Crippen LogP contribution in [0.25, 0.3) is 0 Å². The van der Waals surface area contributed by atoms with Gasteiger partial charge in [0.1, 0.15) is 6.61 Å². The highest BCUT2D eigenvalue weighted by Gasteiger charge is 2.30. The van der Waals surface area contributed by atoms with Crippen molar-refractivity contribution >= 4 is 40.9 Å². The van der Waals surface area contributed by atoms with Gasteiger partial charge in [0.25, 0.3) is 0 Å². The van der Waals surface area contributed by atoms with Crippen molar-refractivity contribution in [3.8, 4) is 11.5 Å². The number of amides is 1. The maximum Gasteiger partial charge on any atom is 0.409 e. The summed E-state index contributed by atoms with van der Waals surface area (Å²) in [5.41, 5.74) is 1.08. The molecule has 0 N–H and O–H groups in total. The van der Waals surface area contributed by atoms with Gasteiger partial charge >= 0.3 is 6.09 Å². The molecule has 5 nitrogen and oxygen atoms in total. The van der Waals surface area contributed by atoms with Crippen LogP contribution in [0.2, 0.25) is 0 Å². The first-order chi connectivity index (χ1) is 10.8. The summed E-state index contributed by atoms with van der Waals surface area (Å²) in [6, 6.07) is 5.76. The van der Waals surface area contributed by atoms with Gasteiger partial charge in [0.15, 0.2) is 11.5 Å².